The second-order valence-electron chi connectivity index (χ2n) is 18.1. The van der Waals surface area contributed by atoms with Crippen LogP contribution in [0, 0.1) is 15.5 Å². The zero-order chi connectivity index (χ0) is 44.6. The zero-order valence-corrected chi connectivity index (χ0v) is 37.6. The lowest BCUT2D eigenvalue weighted by Gasteiger charge is -2.39. The number of piperidine rings is 1. The summed E-state index contributed by atoms with van der Waals surface area (Å²) < 4.78 is 42.2. The molecule has 3 aliphatic heterocycles. The average molecular weight is 910 g/mol. The van der Waals surface area contributed by atoms with Crippen LogP contribution in [0.1, 0.15) is 68.3 Å². The Hall–Kier alpha value is -5.68. The zero-order valence-electron chi connectivity index (χ0n) is 36.1. The maximum atomic E-state index is 14.1. The smallest absolute Gasteiger partial charge is 0.297 e. The van der Waals surface area contributed by atoms with Crippen molar-refractivity contribution in [3.8, 4) is 17.2 Å². The number of hydrogen-bond donors (Lipinski definition) is 3. The minimum absolute atomic E-state index is 0.0273. The summed E-state index contributed by atoms with van der Waals surface area (Å²) in [6.45, 7) is 11.4. The number of benzene rings is 3. The van der Waals surface area contributed by atoms with Crippen LogP contribution in [0.15, 0.2) is 89.6 Å². The first-order valence-corrected chi connectivity index (χ1v) is 23.8. The van der Waals surface area contributed by atoms with Crippen LogP contribution in [0.4, 0.5) is 17.1 Å². The van der Waals surface area contributed by atoms with Gasteiger partial charge in [-0.25, -0.2) is 18.1 Å². The van der Waals surface area contributed by atoms with Crippen LogP contribution in [0.5, 0.6) is 17.2 Å². The van der Waals surface area contributed by atoms with Gasteiger partial charge in [0.05, 0.1) is 27.6 Å². The van der Waals surface area contributed by atoms with E-state index in [1.54, 1.807) is 30.5 Å². The molecule has 64 heavy (non-hydrogen) atoms. The van der Waals surface area contributed by atoms with E-state index in [0.717, 1.165) is 100 Å². The summed E-state index contributed by atoms with van der Waals surface area (Å²) >= 11 is 6.25. The number of hydrogen-bond acceptors (Lipinski definition) is 12. The highest BCUT2D eigenvalue weighted by Crippen LogP contribution is 2.44. The summed E-state index contributed by atoms with van der Waals surface area (Å²) in [6.07, 6.45) is 9.85. The number of fused-ring (bicyclic) bond motifs is 2. The number of amides is 1. The molecule has 1 aliphatic carbocycles. The molecule has 3 aromatic carbocycles. The molecule has 1 amide bonds. The summed E-state index contributed by atoms with van der Waals surface area (Å²) in [4.78, 5) is 39.8. The van der Waals surface area contributed by atoms with Crippen LogP contribution in [-0.2, 0) is 10.0 Å². The highest BCUT2D eigenvalue weighted by Gasteiger charge is 2.34. The Bertz CT molecular complexity index is 2710. The maximum Gasteiger partial charge on any atom is 0.297 e. The number of aromatic amines is 1. The SMILES string of the molecule is CC1(C)CCC(CN2CCN(c3ccc(C(=O)NS(=O)(=O)c4cc5c(c([N+](=O)[O-])c4)N[C@@H](CN4CCCCC4)CO5)c(Oc4cnc5[nH]ccc5c4)c3)CC2)=C(c2ccc(Cl)cc2)C1. The largest absolute Gasteiger partial charge is 0.489 e. The molecule has 0 saturated carbocycles. The van der Waals surface area contributed by atoms with Gasteiger partial charge in [-0.2, -0.15) is 0 Å². The van der Waals surface area contributed by atoms with E-state index in [4.69, 9.17) is 21.1 Å². The number of piperazine rings is 1. The molecule has 5 heterocycles. The molecule has 5 aromatic rings. The molecule has 3 N–H and O–H groups in total. The third-order valence-corrected chi connectivity index (χ3v) is 14.4. The van der Waals surface area contributed by atoms with Gasteiger partial charge in [0.1, 0.15) is 23.8 Å². The Morgan fingerprint density at radius 1 is 1.00 bits per heavy atom. The van der Waals surface area contributed by atoms with Gasteiger partial charge < -0.3 is 29.6 Å². The number of likely N-dealkylation sites (tertiary alicyclic amines) is 1. The summed E-state index contributed by atoms with van der Waals surface area (Å²) in [5.74, 6) is -0.474. The van der Waals surface area contributed by atoms with E-state index in [2.05, 4.69) is 60.7 Å². The van der Waals surface area contributed by atoms with Crippen LogP contribution in [-0.4, -0.2) is 104 Å². The summed E-state index contributed by atoms with van der Waals surface area (Å²) in [5, 5.41) is 17.1. The normalized spacial score (nSPS) is 19.4. The molecular formula is C47H53ClN8O7S. The van der Waals surface area contributed by atoms with Gasteiger partial charge in [-0.05, 0) is 98.1 Å². The second-order valence-corrected chi connectivity index (χ2v) is 20.2. The molecule has 17 heteroatoms. The van der Waals surface area contributed by atoms with Gasteiger partial charge in [0.15, 0.2) is 11.4 Å². The molecule has 2 fully saturated rings. The number of H-pyrrole nitrogens is 1. The number of carbonyl (C=O) groups is 1. The first kappa shape index (κ1) is 43.6. The van der Waals surface area contributed by atoms with Gasteiger partial charge in [0, 0.05) is 79.8 Å². The van der Waals surface area contributed by atoms with Gasteiger partial charge in [0.2, 0.25) is 0 Å². The molecule has 4 aliphatic rings. The van der Waals surface area contributed by atoms with E-state index in [9.17, 15) is 23.3 Å². The molecule has 2 aromatic heterocycles. The number of ether oxygens (including phenoxy) is 2. The van der Waals surface area contributed by atoms with Crippen molar-refractivity contribution in [1.82, 2.24) is 24.5 Å². The molecule has 9 rings (SSSR count). The highest BCUT2D eigenvalue weighted by atomic mass is 35.5. The number of rotatable bonds is 12. The molecule has 336 valence electrons. The van der Waals surface area contributed by atoms with Crippen LogP contribution in [0.25, 0.3) is 16.6 Å². The van der Waals surface area contributed by atoms with E-state index in [0.29, 0.717) is 17.9 Å². The monoisotopic (exact) mass is 908 g/mol. The minimum atomic E-state index is -4.64. The number of allylic oxidation sites excluding steroid dienone is 1. The lowest BCUT2D eigenvalue weighted by atomic mass is 9.72. The van der Waals surface area contributed by atoms with Crippen molar-refractivity contribution in [2.24, 2.45) is 5.41 Å². The van der Waals surface area contributed by atoms with Crippen molar-refractivity contribution >= 4 is 61.2 Å². The number of nitro groups is 1. The predicted molar refractivity (Wildman–Crippen MR) is 248 cm³/mol. The maximum absolute atomic E-state index is 14.1. The number of nitrogens with one attached hydrogen (secondary N) is 3. The van der Waals surface area contributed by atoms with Gasteiger partial charge in [0.25, 0.3) is 21.6 Å². The van der Waals surface area contributed by atoms with Crippen molar-refractivity contribution in [2.75, 3.05) is 69.2 Å². The summed E-state index contributed by atoms with van der Waals surface area (Å²) in [5.41, 5.74) is 5.39. The van der Waals surface area contributed by atoms with E-state index >= 15 is 0 Å². The number of anilines is 2. The van der Waals surface area contributed by atoms with E-state index in [1.165, 1.54) is 35.4 Å². The van der Waals surface area contributed by atoms with Crippen LogP contribution in [0.2, 0.25) is 5.02 Å². The number of halogens is 1. The quantitative estimate of drug-likeness (QED) is 0.0806. The van der Waals surface area contributed by atoms with Crippen LogP contribution in [0.3, 0.4) is 0 Å². The van der Waals surface area contributed by atoms with Crippen LogP contribution < -0.4 is 24.4 Å². The van der Waals surface area contributed by atoms with Crippen molar-refractivity contribution in [1.29, 1.82) is 0 Å². The molecule has 15 nitrogen and oxygen atoms in total. The number of aromatic nitrogens is 2. The van der Waals surface area contributed by atoms with E-state index in [1.807, 2.05) is 18.2 Å². The number of nitrogens with zero attached hydrogens (tertiary/aromatic N) is 5. The van der Waals surface area contributed by atoms with Gasteiger partial charge in [-0.15, -0.1) is 0 Å². The molecular weight excluding hydrogens is 856 g/mol. The number of nitro benzene ring substituents is 1. The van der Waals surface area contributed by atoms with Gasteiger partial charge >= 0.3 is 0 Å². The summed E-state index contributed by atoms with van der Waals surface area (Å²) in [7, 11) is -4.64. The number of pyridine rings is 1. The Morgan fingerprint density at radius 2 is 1.78 bits per heavy atom. The topological polar surface area (TPSA) is 175 Å². The van der Waals surface area contributed by atoms with Gasteiger partial charge in [-0.3, -0.25) is 19.8 Å². The molecule has 0 bridgehead atoms. The Labute approximate surface area is 378 Å². The van der Waals surface area contributed by atoms with Crippen LogP contribution >= 0.6 is 11.6 Å². The minimum Gasteiger partial charge on any atom is -0.489 e. The lowest BCUT2D eigenvalue weighted by molar-refractivity contribution is -0.384. The Morgan fingerprint density at radius 3 is 2.55 bits per heavy atom. The molecule has 2 saturated heterocycles. The molecule has 0 spiro atoms. The molecule has 1 atom stereocenters. The fraction of sp³-hybridized carbons (Fsp3) is 0.404. The number of sulfonamides is 1. The fourth-order valence-electron chi connectivity index (χ4n) is 9.34. The van der Waals surface area contributed by atoms with Gasteiger partial charge in [-0.1, -0.05) is 49.6 Å². The molecule has 0 unspecified atom stereocenters. The second kappa shape index (κ2) is 18.1. The molecule has 0 radical (unpaired) electrons. The fourth-order valence-corrected chi connectivity index (χ4v) is 10.5. The first-order valence-electron chi connectivity index (χ1n) is 22.0. The first-order chi connectivity index (χ1) is 30.8. The third-order valence-electron chi connectivity index (χ3n) is 12.8. The van der Waals surface area contributed by atoms with E-state index < -0.39 is 31.4 Å². The van der Waals surface area contributed by atoms with Crippen molar-refractivity contribution in [2.45, 2.75) is 63.3 Å². The Balaban J connectivity index is 0.938. The number of carbonyl (C=O) groups excluding carboxylic acids is 1. The lowest BCUT2D eigenvalue weighted by Crippen LogP contribution is -2.47. The standard InChI is InChI=1S/C47H53ClN8O7S/c1-47(2)14-12-33(40(26-47)31-6-8-34(48)9-7-31)28-54-18-20-55(21-19-54)36-10-11-39(42(23-36)63-37-22-32-13-15-49-45(32)50-27-37)46(57)52-64(60,61)38-24-41(56(58)59)44-43(25-38)62-30-35(51-44)29-53-16-4-3-5-17-53/h6-11,13,15,22-25,27,35,51H,3-5,12,14,16-21,26,28-30H2,1-2H3,(H,49,50)(H,52,57)/t35-/m0/s1. The predicted octanol–water partition coefficient (Wildman–Crippen LogP) is 8.48. The third kappa shape index (κ3) is 9.70. The van der Waals surface area contributed by atoms with Crippen molar-refractivity contribution in [3.63, 3.8) is 0 Å². The summed E-state index contributed by atoms with van der Waals surface area (Å²) in [6, 6.07) is 18.8. The van der Waals surface area contributed by atoms with Crippen molar-refractivity contribution in [3.05, 3.63) is 111 Å². The van der Waals surface area contributed by atoms with Crippen molar-refractivity contribution < 1.29 is 27.6 Å². The average Bonchev–Trinajstić information content (AvgIpc) is 3.75. The highest BCUT2D eigenvalue weighted by molar-refractivity contribution is 7.90. The Kier molecular flexibility index (Phi) is 12.3. The van der Waals surface area contributed by atoms with E-state index in [-0.39, 0.29) is 40.8 Å².